The minimum atomic E-state index is -0.0158. The largest absolute Gasteiger partial charge is 0.311 e. The number of aromatic nitrogens is 2. The fourth-order valence-electron chi connectivity index (χ4n) is 3.37. The van der Waals surface area contributed by atoms with E-state index in [1.54, 1.807) is 6.07 Å². The molecule has 0 spiro atoms. The molecule has 20 heavy (non-hydrogen) atoms. The highest BCUT2D eigenvalue weighted by Crippen LogP contribution is 2.32. The number of rotatable bonds is 3. The molecule has 0 aromatic carbocycles. The van der Waals surface area contributed by atoms with E-state index in [2.05, 4.69) is 20.6 Å². The Labute approximate surface area is 123 Å². The van der Waals surface area contributed by atoms with Crippen LogP contribution in [-0.4, -0.2) is 28.0 Å². The number of carbonyl (C=O) groups excluding carboxylic acids is 1. The second-order valence-corrected chi connectivity index (χ2v) is 6.27. The summed E-state index contributed by atoms with van der Waals surface area (Å²) < 4.78 is 0. The van der Waals surface area contributed by atoms with E-state index in [0.29, 0.717) is 35.5 Å². The lowest BCUT2D eigenvalue weighted by molar-refractivity contribution is -0.117. The molecule has 2 atom stereocenters. The Kier molecular flexibility index (Phi) is 3.89. The number of nitrogens with one attached hydrogen (secondary N) is 2. The molecule has 3 rings (SSSR count). The van der Waals surface area contributed by atoms with Gasteiger partial charge in [0.1, 0.15) is 5.15 Å². The molecule has 2 aliphatic heterocycles. The summed E-state index contributed by atoms with van der Waals surface area (Å²) >= 11 is 5.86. The van der Waals surface area contributed by atoms with Crippen LogP contribution in [0.25, 0.3) is 0 Å². The maximum Gasteiger partial charge on any atom is 0.231 e. The predicted octanol–water partition coefficient (Wildman–Crippen LogP) is 2.30. The topological polar surface area (TPSA) is 66.9 Å². The Morgan fingerprint density at radius 2 is 2.10 bits per heavy atom. The molecule has 1 aromatic rings. The van der Waals surface area contributed by atoms with Gasteiger partial charge in [-0.2, -0.15) is 0 Å². The van der Waals surface area contributed by atoms with Gasteiger partial charge in [-0.25, -0.2) is 9.97 Å². The summed E-state index contributed by atoms with van der Waals surface area (Å²) in [6.07, 6.45) is 5.24. The second-order valence-electron chi connectivity index (χ2n) is 5.88. The van der Waals surface area contributed by atoms with Gasteiger partial charge in [-0.1, -0.05) is 11.6 Å². The van der Waals surface area contributed by atoms with Crippen molar-refractivity contribution in [1.29, 1.82) is 0 Å². The molecule has 1 amide bonds. The Morgan fingerprint density at radius 1 is 1.40 bits per heavy atom. The number of piperidine rings is 1. The Hall–Kier alpha value is -1.20. The third kappa shape index (κ3) is 3.27. The monoisotopic (exact) mass is 294 g/mol. The van der Waals surface area contributed by atoms with Crippen LogP contribution < -0.4 is 10.6 Å². The van der Waals surface area contributed by atoms with Gasteiger partial charge in [0.25, 0.3) is 0 Å². The van der Waals surface area contributed by atoms with Crippen molar-refractivity contribution in [2.75, 3.05) is 5.32 Å². The molecule has 2 fully saturated rings. The van der Waals surface area contributed by atoms with E-state index in [1.807, 2.05) is 6.92 Å². The average molecular weight is 295 g/mol. The van der Waals surface area contributed by atoms with Gasteiger partial charge in [0.2, 0.25) is 11.9 Å². The number of nitrogens with zero attached hydrogens (tertiary/aromatic N) is 2. The maximum absolute atomic E-state index is 12.1. The van der Waals surface area contributed by atoms with E-state index < -0.39 is 0 Å². The van der Waals surface area contributed by atoms with Gasteiger partial charge < -0.3 is 5.32 Å². The lowest BCUT2D eigenvalue weighted by Gasteiger charge is -2.28. The van der Waals surface area contributed by atoms with Gasteiger partial charge in [-0.15, -0.1) is 0 Å². The molecule has 2 unspecified atom stereocenters. The first-order valence-corrected chi connectivity index (χ1v) is 7.53. The number of hydrogen-bond donors (Lipinski definition) is 2. The maximum atomic E-state index is 12.1. The summed E-state index contributed by atoms with van der Waals surface area (Å²) in [6, 6.07) is 2.88. The van der Waals surface area contributed by atoms with E-state index in [9.17, 15) is 4.79 Å². The lowest BCUT2D eigenvalue weighted by Crippen LogP contribution is -2.39. The van der Waals surface area contributed by atoms with Crippen LogP contribution >= 0.6 is 11.6 Å². The molecule has 108 valence electrons. The van der Waals surface area contributed by atoms with Crippen LogP contribution in [0.2, 0.25) is 5.15 Å². The van der Waals surface area contributed by atoms with Crippen LogP contribution in [0.1, 0.15) is 37.8 Å². The third-order valence-electron chi connectivity index (χ3n) is 4.12. The highest BCUT2D eigenvalue weighted by Gasteiger charge is 2.34. The fourth-order valence-corrected chi connectivity index (χ4v) is 3.60. The number of anilines is 1. The van der Waals surface area contributed by atoms with Crippen molar-refractivity contribution >= 4 is 23.5 Å². The van der Waals surface area contributed by atoms with Crippen LogP contribution in [0, 0.1) is 12.8 Å². The van der Waals surface area contributed by atoms with Crippen LogP contribution in [0.15, 0.2) is 6.07 Å². The van der Waals surface area contributed by atoms with Gasteiger partial charge in [0, 0.05) is 24.2 Å². The van der Waals surface area contributed by atoms with Crippen LogP contribution in [0.5, 0.6) is 0 Å². The van der Waals surface area contributed by atoms with Crippen molar-refractivity contribution in [2.24, 2.45) is 5.92 Å². The first kappa shape index (κ1) is 13.8. The van der Waals surface area contributed by atoms with Gasteiger partial charge in [-0.05, 0) is 44.6 Å². The molecule has 2 saturated heterocycles. The van der Waals surface area contributed by atoms with Crippen molar-refractivity contribution in [1.82, 2.24) is 15.3 Å². The molecule has 6 heteroatoms. The highest BCUT2D eigenvalue weighted by molar-refractivity contribution is 6.29. The summed E-state index contributed by atoms with van der Waals surface area (Å²) in [4.78, 5) is 20.3. The van der Waals surface area contributed by atoms with Crippen molar-refractivity contribution in [3.05, 3.63) is 16.9 Å². The summed E-state index contributed by atoms with van der Waals surface area (Å²) in [5.74, 6) is 0.754. The van der Waals surface area contributed by atoms with Crippen molar-refractivity contribution in [3.63, 3.8) is 0 Å². The van der Waals surface area contributed by atoms with Crippen LogP contribution in [-0.2, 0) is 4.79 Å². The molecule has 2 aliphatic rings. The number of aryl methyl sites for hydroxylation is 1. The molecule has 0 radical (unpaired) electrons. The normalized spacial score (nSPS) is 28.4. The molecular formula is C14H19ClN4O. The standard InChI is InChI=1S/C14H19ClN4O/c1-8-4-12(15)18-14(16-8)19-13(20)7-9-5-10-2-3-11(6-9)17-10/h4,9-11,17H,2-3,5-7H2,1H3,(H,16,18,19,20). The minimum Gasteiger partial charge on any atom is -0.311 e. The van der Waals surface area contributed by atoms with Gasteiger partial charge in [-0.3, -0.25) is 10.1 Å². The zero-order valence-corrected chi connectivity index (χ0v) is 12.3. The SMILES string of the molecule is Cc1cc(Cl)nc(NC(=O)CC2CC3CCC(C2)N3)n1. The molecular weight excluding hydrogens is 276 g/mol. The number of halogens is 1. The number of amides is 1. The molecule has 0 saturated carbocycles. The fraction of sp³-hybridized carbons (Fsp3) is 0.643. The predicted molar refractivity (Wildman–Crippen MR) is 77.7 cm³/mol. The van der Waals surface area contributed by atoms with Crippen molar-refractivity contribution in [2.45, 2.75) is 51.1 Å². The quantitative estimate of drug-likeness (QED) is 0.840. The van der Waals surface area contributed by atoms with Gasteiger partial charge in [0.05, 0.1) is 0 Å². The first-order valence-electron chi connectivity index (χ1n) is 7.15. The zero-order valence-electron chi connectivity index (χ0n) is 11.5. The molecule has 5 nitrogen and oxygen atoms in total. The minimum absolute atomic E-state index is 0.0158. The summed E-state index contributed by atoms with van der Waals surface area (Å²) in [6.45, 7) is 1.83. The smallest absolute Gasteiger partial charge is 0.231 e. The molecule has 3 heterocycles. The van der Waals surface area contributed by atoms with E-state index in [-0.39, 0.29) is 5.91 Å². The number of hydrogen-bond acceptors (Lipinski definition) is 4. The van der Waals surface area contributed by atoms with E-state index in [1.165, 1.54) is 12.8 Å². The highest BCUT2D eigenvalue weighted by atomic mass is 35.5. The Morgan fingerprint density at radius 3 is 2.75 bits per heavy atom. The third-order valence-corrected chi connectivity index (χ3v) is 4.31. The number of fused-ring (bicyclic) bond motifs is 2. The van der Waals surface area contributed by atoms with Crippen molar-refractivity contribution < 1.29 is 4.79 Å². The molecule has 2 bridgehead atoms. The summed E-state index contributed by atoms with van der Waals surface area (Å²) in [5.41, 5.74) is 0.750. The average Bonchev–Trinajstić information content (AvgIpc) is 2.67. The van der Waals surface area contributed by atoms with E-state index in [0.717, 1.165) is 18.5 Å². The second kappa shape index (κ2) is 5.66. The summed E-state index contributed by atoms with van der Waals surface area (Å²) in [5, 5.41) is 6.69. The van der Waals surface area contributed by atoms with E-state index in [4.69, 9.17) is 11.6 Å². The van der Waals surface area contributed by atoms with Crippen LogP contribution in [0.4, 0.5) is 5.95 Å². The van der Waals surface area contributed by atoms with Crippen molar-refractivity contribution in [3.8, 4) is 0 Å². The molecule has 1 aromatic heterocycles. The Balaban J connectivity index is 1.57. The molecule has 2 N–H and O–H groups in total. The van der Waals surface area contributed by atoms with Gasteiger partial charge in [0.15, 0.2) is 0 Å². The number of carbonyl (C=O) groups is 1. The van der Waals surface area contributed by atoms with Crippen LogP contribution in [0.3, 0.4) is 0 Å². The van der Waals surface area contributed by atoms with Gasteiger partial charge >= 0.3 is 0 Å². The molecule has 0 aliphatic carbocycles. The zero-order chi connectivity index (χ0) is 14.1. The Bertz CT molecular complexity index is 490. The summed E-state index contributed by atoms with van der Waals surface area (Å²) in [7, 11) is 0. The first-order chi connectivity index (χ1) is 9.58. The van der Waals surface area contributed by atoms with E-state index >= 15 is 0 Å². The lowest BCUT2D eigenvalue weighted by atomic mass is 9.89.